The van der Waals surface area contributed by atoms with E-state index < -0.39 is 154 Å². The maximum absolute atomic E-state index is 12.5. The Bertz CT molecular complexity index is 1410. The average molecular weight is 812 g/mol. The zero-order valence-corrected chi connectivity index (χ0v) is 31.9. The number of hydrogen-bond donors (Lipinski definition) is 4. The second-order valence-electron chi connectivity index (χ2n) is 12.9. The van der Waals surface area contributed by atoms with Gasteiger partial charge in [0.05, 0.1) is 6.61 Å². The van der Waals surface area contributed by atoms with Gasteiger partial charge in [-0.3, -0.25) is 33.6 Å². The molecule has 0 bridgehead atoms. The topological polar surface area (TPSA) is 303 Å². The van der Waals surface area contributed by atoms with Gasteiger partial charge in [-0.15, -0.1) is 0 Å². The molecule has 56 heavy (non-hydrogen) atoms. The highest BCUT2D eigenvalue weighted by molar-refractivity contribution is 5.73. The first kappa shape index (κ1) is 46.3. The summed E-state index contributed by atoms with van der Waals surface area (Å²) in [5.74, 6) is -5.99. The van der Waals surface area contributed by atoms with E-state index in [4.69, 9.17) is 56.8 Å². The van der Waals surface area contributed by atoms with Gasteiger partial charge in [0.2, 0.25) is 5.91 Å². The number of esters is 6. The molecule has 0 radical (unpaired) electrons. The largest absolute Gasteiger partial charge is 0.463 e. The molecule has 4 N–H and O–H groups in total. The molecule has 0 aromatic carbocycles. The first-order valence-electron chi connectivity index (χ1n) is 17.3. The molecule has 23 heteroatoms. The SMILES string of the molecule is COC1OC(CO)C(OC(C)=O)C(OC2OC(COC(C)=O)C(OC3OC(COC(C)=O)C(OC(C)=O)C(OC(C)=O)C3OC(C)=O)C(O)C2NC(C)=O)C1O. The van der Waals surface area contributed by atoms with Gasteiger partial charge in [0.1, 0.15) is 62.0 Å². The van der Waals surface area contributed by atoms with Crippen molar-refractivity contribution in [3.8, 4) is 0 Å². The van der Waals surface area contributed by atoms with Crippen molar-refractivity contribution in [2.24, 2.45) is 0 Å². The van der Waals surface area contributed by atoms with Crippen LogP contribution in [0.5, 0.6) is 0 Å². The van der Waals surface area contributed by atoms with Crippen LogP contribution in [0.15, 0.2) is 0 Å². The van der Waals surface area contributed by atoms with Crippen molar-refractivity contribution >= 4 is 41.7 Å². The first-order chi connectivity index (χ1) is 26.3. The van der Waals surface area contributed by atoms with Crippen molar-refractivity contribution < 1.29 is 106 Å². The number of aliphatic hydroxyl groups excluding tert-OH is 3. The Morgan fingerprint density at radius 3 is 1.41 bits per heavy atom. The Labute approximate surface area is 320 Å². The number of methoxy groups -OCH3 is 1. The molecular weight excluding hydrogens is 762 g/mol. The molecule has 0 aromatic heterocycles. The summed E-state index contributed by atoms with van der Waals surface area (Å²) in [7, 11) is 1.18. The maximum Gasteiger partial charge on any atom is 0.303 e. The van der Waals surface area contributed by atoms with Crippen LogP contribution in [0.3, 0.4) is 0 Å². The van der Waals surface area contributed by atoms with Crippen molar-refractivity contribution in [2.45, 2.75) is 141 Å². The molecule has 3 aliphatic rings. The predicted octanol–water partition coefficient (Wildman–Crippen LogP) is -3.35. The zero-order chi connectivity index (χ0) is 42.0. The molecule has 0 aromatic rings. The minimum atomic E-state index is -1.93. The summed E-state index contributed by atoms with van der Waals surface area (Å²) in [5.41, 5.74) is 0. The van der Waals surface area contributed by atoms with Crippen LogP contribution in [0, 0.1) is 0 Å². The third kappa shape index (κ3) is 12.5. The Morgan fingerprint density at radius 2 is 0.946 bits per heavy atom. The molecule has 0 saturated carbocycles. The fourth-order valence-electron chi connectivity index (χ4n) is 6.26. The van der Waals surface area contributed by atoms with Crippen molar-refractivity contribution in [2.75, 3.05) is 26.9 Å². The molecule has 15 unspecified atom stereocenters. The van der Waals surface area contributed by atoms with Gasteiger partial charge in [0.15, 0.2) is 43.3 Å². The summed E-state index contributed by atoms with van der Waals surface area (Å²) >= 11 is 0. The van der Waals surface area contributed by atoms with Crippen LogP contribution in [-0.4, -0.2) is 176 Å². The van der Waals surface area contributed by atoms with Crippen molar-refractivity contribution in [1.82, 2.24) is 5.32 Å². The number of carbonyl (C=O) groups is 7. The Hall–Kier alpha value is -4.07. The quantitative estimate of drug-likeness (QED) is 0.0928. The lowest BCUT2D eigenvalue weighted by Gasteiger charge is -2.50. The predicted molar refractivity (Wildman–Crippen MR) is 175 cm³/mol. The highest BCUT2D eigenvalue weighted by atomic mass is 16.8. The monoisotopic (exact) mass is 811 g/mol. The fourth-order valence-corrected chi connectivity index (χ4v) is 6.26. The zero-order valence-electron chi connectivity index (χ0n) is 31.9. The molecule has 3 rings (SSSR count). The van der Waals surface area contributed by atoms with Gasteiger partial charge in [-0.05, 0) is 0 Å². The van der Waals surface area contributed by atoms with E-state index in [9.17, 15) is 48.9 Å². The summed E-state index contributed by atoms with van der Waals surface area (Å²) in [6.07, 6.45) is -22.9. The number of aliphatic hydroxyl groups is 3. The van der Waals surface area contributed by atoms with E-state index in [1.165, 1.54) is 7.11 Å². The standard InChI is InChI=1S/C33H49NO22/c1-12(36)34-22-23(43)25(55-33-30(51-18(7)42)29(50-17(6)41)27(49-16(5)40)21(54-33)11-47-14(3)38)20(10-46-13(2)37)53-31(22)56-28-24(44)32(45-8)52-19(9-35)26(28)48-15(4)39/h19-33,35,43-44H,9-11H2,1-8H3,(H,34,36). The second-order valence-corrected chi connectivity index (χ2v) is 12.9. The number of ether oxygens (including phenoxy) is 12. The Morgan fingerprint density at radius 1 is 0.518 bits per heavy atom. The smallest absolute Gasteiger partial charge is 0.303 e. The highest BCUT2D eigenvalue weighted by Gasteiger charge is 2.57. The van der Waals surface area contributed by atoms with Crippen molar-refractivity contribution in [1.29, 1.82) is 0 Å². The summed E-state index contributed by atoms with van der Waals surface area (Å²) < 4.78 is 66.9. The first-order valence-corrected chi connectivity index (χ1v) is 17.3. The molecule has 3 saturated heterocycles. The van der Waals surface area contributed by atoms with E-state index in [0.29, 0.717) is 0 Å². The van der Waals surface area contributed by atoms with Gasteiger partial charge in [0.25, 0.3) is 0 Å². The van der Waals surface area contributed by atoms with E-state index in [-0.39, 0.29) is 0 Å². The normalized spacial score (nSPS) is 35.6. The third-order valence-electron chi connectivity index (χ3n) is 8.35. The number of carbonyl (C=O) groups excluding carboxylic acids is 7. The molecule has 3 heterocycles. The number of nitrogens with one attached hydrogen (secondary N) is 1. The van der Waals surface area contributed by atoms with E-state index in [1.54, 1.807) is 0 Å². The molecular formula is C33H49NO22. The summed E-state index contributed by atoms with van der Waals surface area (Å²) in [4.78, 5) is 85.2. The Balaban J connectivity index is 2.12. The van der Waals surface area contributed by atoms with Gasteiger partial charge < -0.3 is 77.5 Å². The molecule has 0 aliphatic carbocycles. The van der Waals surface area contributed by atoms with Gasteiger partial charge in [-0.25, -0.2) is 0 Å². The van der Waals surface area contributed by atoms with Crippen LogP contribution in [0.4, 0.5) is 0 Å². The molecule has 318 valence electrons. The van der Waals surface area contributed by atoms with Gasteiger partial charge in [-0.1, -0.05) is 0 Å². The van der Waals surface area contributed by atoms with E-state index in [1.807, 2.05) is 0 Å². The lowest BCUT2D eigenvalue weighted by atomic mass is 9.94. The average Bonchev–Trinajstić information content (AvgIpc) is 3.08. The summed E-state index contributed by atoms with van der Waals surface area (Å²) in [6, 6.07) is -1.63. The summed E-state index contributed by atoms with van der Waals surface area (Å²) in [5, 5.41) is 35.6. The van der Waals surface area contributed by atoms with E-state index in [0.717, 1.165) is 48.5 Å². The molecule has 1 amide bonds. The summed E-state index contributed by atoms with van der Waals surface area (Å²) in [6.45, 7) is 5.26. The van der Waals surface area contributed by atoms with Crippen LogP contribution < -0.4 is 5.32 Å². The lowest BCUT2D eigenvalue weighted by Crippen LogP contribution is -2.70. The fraction of sp³-hybridized carbons (Fsp3) is 0.788. The van der Waals surface area contributed by atoms with Crippen LogP contribution in [0.1, 0.15) is 48.5 Å². The van der Waals surface area contributed by atoms with Crippen molar-refractivity contribution in [3.05, 3.63) is 0 Å². The lowest BCUT2D eigenvalue weighted by molar-refractivity contribution is -0.367. The van der Waals surface area contributed by atoms with Gasteiger partial charge >= 0.3 is 35.8 Å². The number of rotatable bonds is 15. The van der Waals surface area contributed by atoms with E-state index in [2.05, 4.69) is 5.32 Å². The van der Waals surface area contributed by atoms with Crippen LogP contribution >= 0.6 is 0 Å². The van der Waals surface area contributed by atoms with Gasteiger partial charge in [-0.2, -0.15) is 0 Å². The second kappa shape index (κ2) is 20.9. The highest BCUT2D eigenvalue weighted by Crippen LogP contribution is 2.35. The molecule has 3 aliphatic heterocycles. The van der Waals surface area contributed by atoms with Crippen LogP contribution in [-0.2, 0) is 90.4 Å². The van der Waals surface area contributed by atoms with Crippen LogP contribution in [0.25, 0.3) is 0 Å². The Kier molecular flexibility index (Phi) is 17.3. The number of amides is 1. The van der Waals surface area contributed by atoms with Crippen LogP contribution in [0.2, 0.25) is 0 Å². The molecule has 15 atom stereocenters. The minimum absolute atomic E-state index is 0.614. The van der Waals surface area contributed by atoms with Gasteiger partial charge in [0, 0.05) is 55.6 Å². The third-order valence-corrected chi connectivity index (χ3v) is 8.35. The molecule has 3 fully saturated rings. The maximum atomic E-state index is 12.5. The van der Waals surface area contributed by atoms with E-state index >= 15 is 0 Å². The molecule has 23 nitrogen and oxygen atoms in total. The van der Waals surface area contributed by atoms with Crippen molar-refractivity contribution in [3.63, 3.8) is 0 Å². The molecule has 0 spiro atoms. The number of hydrogen-bond acceptors (Lipinski definition) is 22. The minimum Gasteiger partial charge on any atom is -0.463 e.